The lowest BCUT2D eigenvalue weighted by atomic mass is 10.1. The standard InChI is InChI=1S/C18H26N4O4S/c1-5-22(6-2)27(24,25)16-9-7-15(8-10-16)14(4)19-12-18(23)20-17-11-13(3)26-21-17/h7-11,14,19H,5-6,12H2,1-4H3,(H,20,21,23)/t14-/m0/s1. The number of anilines is 1. The minimum Gasteiger partial charge on any atom is -0.360 e. The largest absolute Gasteiger partial charge is 0.360 e. The highest BCUT2D eigenvalue weighted by atomic mass is 32.2. The Morgan fingerprint density at radius 2 is 1.85 bits per heavy atom. The summed E-state index contributed by atoms with van der Waals surface area (Å²) >= 11 is 0. The highest BCUT2D eigenvalue weighted by molar-refractivity contribution is 7.89. The van der Waals surface area contributed by atoms with Gasteiger partial charge in [-0.3, -0.25) is 4.79 Å². The van der Waals surface area contributed by atoms with Gasteiger partial charge in [0.15, 0.2) is 5.82 Å². The monoisotopic (exact) mass is 394 g/mol. The number of rotatable bonds is 9. The van der Waals surface area contributed by atoms with Crippen LogP contribution in [0, 0.1) is 6.92 Å². The van der Waals surface area contributed by atoms with E-state index in [0.717, 1.165) is 5.56 Å². The fourth-order valence-electron chi connectivity index (χ4n) is 2.62. The van der Waals surface area contributed by atoms with Gasteiger partial charge < -0.3 is 15.2 Å². The van der Waals surface area contributed by atoms with Crippen molar-refractivity contribution in [2.45, 2.75) is 38.6 Å². The van der Waals surface area contributed by atoms with Gasteiger partial charge in [-0.15, -0.1) is 0 Å². The Labute approximate surface area is 160 Å². The van der Waals surface area contributed by atoms with Crippen LogP contribution in [-0.4, -0.2) is 43.4 Å². The zero-order valence-electron chi connectivity index (χ0n) is 16.0. The van der Waals surface area contributed by atoms with Crippen molar-refractivity contribution in [3.63, 3.8) is 0 Å². The molecule has 0 saturated heterocycles. The fourth-order valence-corrected chi connectivity index (χ4v) is 4.08. The van der Waals surface area contributed by atoms with Crippen LogP contribution < -0.4 is 10.6 Å². The van der Waals surface area contributed by atoms with Gasteiger partial charge in [-0.05, 0) is 31.5 Å². The minimum absolute atomic E-state index is 0.0899. The Kier molecular flexibility index (Phi) is 7.11. The van der Waals surface area contributed by atoms with Gasteiger partial charge in [0.1, 0.15) is 5.76 Å². The van der Waals surface area contributed by atoms with Gasteiger partial charge in [0, 0.05) is 25.2 Å². The molecule has 1 heterocycles. The second-order valence-electron chi connectivity index (χ2n) is 6.13. The van der Waals surface area contributed by atoms with Gasteiger partial charge in [-0.1, -0.05) is 31.1 Å². The number of hydrogen-bond donors (Lipinski definition) is 2. The Hall–Kier alpha value is -2.23. The highest BCUT2D eigenvalue weighted by Gasteiger charge is 2.21. The number of sulfonamides is 1. The molecule has 9 heteroatoms. The average Bonchev–Trinajstić information content (AvgIpc) is 3.05. The minimum atomic E-state index is -3.47. The fraction of sp³-hybridized carbons (Fsp3) is 0.444. The summed E-state index contributed by atoms with van der Waals surface area (Å²) in [4.78, 5) is 12.2. The molecule has 1 aromatic heterocycles. The quantitative estimate of drug-likeness (QED) is 0.676. The molecule has 8 nitrogen and oxygen atoms in total. The molecule has 0 spiro atoms. The van der Waals surface area contributed by atoms with Gasteiger partial charge >= 0.3 is 0 Å². The molecule has 0 aliphatic heterocycles. The smallest absolute Gasteiger partial charge is 0.243 e. The molecule has 2 N–H and O–H groups in total. The van der Waals surface area contributed by atoms with E-state index in [9.17, 15) is 13.2 Å². The molecule has 2 rings (SSSR count). The molecule has 2 aromatic rings. The van der Waals surface area contributed by atoms with E-state index in [2.05, 4.69) is 15.8 Å². The molecular formula is C18H26N4O4S. The van der Waals surface area contributed by atoms with Crippen LogP contribution in [0.1, 0.15) is 38.1 Å². The van der Waals surface area contributed by atoms with Crippen molar-refractivity contribution < 1.29 is 17.7 Å². The normalized spacial score (nSPS) is 12.9. The van der Waals surface area contributed by atoms with E-state index >= 15 is 0 Å². The SMILES string of the molecule is CCN(CC)S(=O)(=O)c1ccc([C@H](C)NCC(=O)Nc2cc(C)on2)cc1. The highest BCUT2D eigenvalue weighted by Crippen LogP contribution is 2.19. The second-order valence-corrected chi connectivity index (χ2v) is 8.07. The summed E-state index contributed by atoms with van der Waals surface area (Å²) < 4.78 is 31.3. The van der Waals surface area contributed by atoms with Crippen LogP contribution in [0.25, 0.3) is 0 Å². The van der Waals surface area contributed by atoms with E-state index in [-0.39, 0.29) is 23.4 Å². The molecule has 0 fully saturated rings. The summed E-state index contributed by atoms with van der Waals surface area (Å²) in [6.45, 7) is 8.22. The number of carbonyl (C=O) groups is 1. The number of aromatic nitrogens is 1. The van der Waals surface area contributed by atoms with Crippen molar-refractivity contribution in [2.24, 2.45) is 0 Å². The van der Waals surface area contributed by atoms with Crippen molar-refractivity contribution in [1.29, 1.82) is 0 Å². The molecule has 1 aromatic carbocycles. The van der Waals surface area contributed by atoms with Crippen LogP contribution in [0.15, 0.2) is 39.8 Å². The van der Waals surface area contributed by atoms with Crippen molar-refractivity contribution in [3.8, 4) is 0 Å². The molecule has 1 atom stereocenters. The Balaban J connectivity index is 1.95. The molecule has 0 bridgehead atoms. The maximum absolute atomic E-state index is 12.5. The topological polar surface area (TPSA) is 105 Å². The van der Waals surface area contributed by atoms with Gasteiger partial charge in [0.05, 0.1) is 11.4 Å². The first-order chi connectivity index (χ1) is 12.8. The summed E-state index contributed by atoms with van der Waals surface area (Å²) in [6, 6.07) is 8.22. The molecule has 0 radical (unpaired) electrons. The Bertz CT molecular complexity index is 858. The first-order valence-corrected chi connectivity index (χ1v) is 10.3. The molecule has 148 valence electrons. The maximum Gasteiger partial charge on any atom is 0.243 e. The summed E-state index contributed by atoms with van der Waals surface area (Å²) in [6.07, 6.45) is 0. The summed E-state index contributed by atoms with van der Waals surface area (Å²) in [7, 11) is -3.47. The van der Waals surface area contributed by atoms with Crippen LogP contribution in [0.4, 0.5) is 5.82 Å². The molecule has 0 aliphatic carbocycles. The predicted molar refractivity (Wildman–Crippen MR) is 103 cm³/mol. The Morgan fingerprint density at radius 1 is 1.22 bits per heavy atom. The second kappa shape index (κ2) is 9.12. The number of benzene rings is 1. The van der Waals surface area contributed by atoms with Crippen molar-refractivity contribution in [2.75, 3.05) is 25.0 Å². The zero-order chi connectivity index (χ0) is 20.0. The van der Waals surface area contributed by atoms with Gasteiger partial charge in [0.25, 0.3) is 0 Å². The lowest BCUT2D eigenvalue weighted by Gasteiger charge is -2.19. The Morgan fingerprint density at radius 3 is 2.37 bits per heavy atom. The first-order valence-electron chi connectivity index (χ1n) is 8.84. The van der Waals surface area contributed by atoms with Crippen molar-refractivity contribution >= 4 is 21.7 Å². The van der Waals surface area contributed by atoms with E-state index in [1.54, 1.807) is 37.3 Å². The molecular weight excluding hydrogens is 368 g/mol. The number of nitrogens with zero attached hydrogens (tertiary/aromatic N) is 2. The van der Waals surface area contributed by atoms with E-state index in [0.29, 0.717) is 24.7 Å². The third-order valence-corrected chi connectivity index (χ3v) is 6.25. The van der Waals surface area contributed by atoms with Crippen LogP contribution >= 0.6 is 0 Å². The van der Waals surface area contributed by atoms with E-state index in [1.165, 1.54) is 4.31 Å². The lowest BCUT2D eigenvalue weighted by Crippen LogP contribution is -2.31. The van der Waals surface area contributed by atoms with Gasteiger partial charge in [0.2, 0.25) is 15.9 Å². The molecule has 1 amide bonds. The summed E-state index contributed by atoms with van der Waals surface area (Å²) in [5, 5.41) is 9.44. The summed E-state index contributed by atoms with van der Waals surface area (Å²) in [5.41, 5.74) is 0.888. The van der Waals surface area contributed by atoms with Crippen molar-refractivity contribution in [1.82, 2.24) is 14.8 Å². The number of amides is 1. The predicted octanol–water partition coefficient (Wildman–Crippen LogP) is 2.30. The number of nitrogens with one attached hydrogen (secondary N) is 2. The zero-order valence-corrected chi connectivity index (χ0v) is 16.8. The van der Waals surface area contributed by atoms with Crippen LogP contribution in [-0.2, 0) is 14.8 Å². The lowest BCUT2D eigenvalue weighted by molar-refractivity contribution is -0.115. The van der Waals surface area contributed by atoms with Crippen molar-refractivity contribution in [3.05, 3.63) is 41.7 Å². The van der Waals surface area contributed by atoms with Crippen LogP contribution in [0.3, 0.4) is 0 Å². The van der Waals surface area contributed by atoms with E-state index in [1.807, 2.05) is 20.8 Å². The first kappa shape index (κ1) is 21.1. The maximum atomic E-state index is 12.5. The van der Waals surface area contributed by atoms with Crippen LogP contribution in [0.2, 0.25) is 0 Å². The molecule has 0 unspecified atom stereocenters. The number of aryl methyl sites for hydroxylation is 1. The average molecular weight is 394 g/mol. The third kappa shape index (κ3) is 5.38. The number of hydrogen-bond acceptors (Lipinski definition) is 6. The molecule has 0 saturated carbocycles. The van der Waals surface area contributed by atoms with E-state index in [4.69, 9.17) is 4.52 Å². The molecule has 27 heavy (non-hydrogen) atoms. The third-order valence-electron chi connectivity index (χ3n) is 4.19. The van der Waals surface area contributed by atoms with E-state index < -0.39 is 10.0 Å². The summed E-state index contributed by atoms with van der Waals surface area (Å²) in [5.74, 6) is 0.750. The molecule has 0 aliphatic rings. The van der Waals surface area contributed by atoms with Crippen LogP contribution in [0.5, 0.6) is 0 Å². The van der Waals surface area contributed by atoms with Gasteiger partial charge in [-0.2, -0.15) is 4.31 Å². The number of carbonyl (C=O) groups excluding carboxylic acids is 1. The van der Waals surface area contributed by atoms with Gasteiger partial charge in [-0.25, -0.2) is 8.42 Å².